The molecule has 1 heterocycles. The largest absolute Gasteiger partial charge is 0.479 e. The first-order valence-corrected chi connectivity index (χ1v) is 8.01. The van der Waals surface area contributed by atoms with Crippen LogP contribution in [-0.4, -0.2) is 12.6 Å². The summed E-state index contributed by atoms with van der Waals surface area (Å²) in [6.45, 7) is 3.32. The van der Waals surface area contributed by atoms with Crippen molar-refractivity contribution in [1.82, 2.24) is 0 Å². The predicted octanol–water partition coefficient (Wildman–Crippen LogP) is 3.67. The Morgan fingerprint density at radius 1 is 1.12 bits per heavy atom. The molecule has 0 spiro atoms. The van der Waals surface area contributed by atoms with Crippen LogP contribution in [0.1, 0.15) is 16.7 Å². The van der Waals surface area contributed by atoms with Gasteiger partial charge >= 0.3 is 11.6 Å². The summed E-state index contributed by atoms with van der Waals surface area (Å²) in [5, 5.41) is 0.704. The molecule has 0 unspecified atom stereocenters. The highest BCUT2D eigenvalue weighted by atomic mass is 19.1. The predicted molar refractivity (Wildman–Crippen MR) is 93.6 cm³/mol. The summed E-state index contributed by atoms with van der Waals surface area (Å²) < 4.78 is 28.9. The van der Waals surface area contributed by atoms with E-state index in [1.54, 1.807) is 12.1 Å². The topological polar surface area (TPSA) is 65.7 Å². The maximum absolute atomic E-state index is 13.5. The molecule has 134 valence electrons. The minimum atomic E-state index is -0.668. The van der Waals surface area contributed by atoms with Crippen molar-refractivity contribution in [2.75, 3.05) is 6.61 Å². The molecule has 0 bridgehead atoms. The second kappa shape index (κ2) is 7.39. The minimum absolute atomic E-state index is 0.0265. The molecule has 3 aromatic rings. The van der Waals surface area contributed by atoms with Gasteiger partial charge in [-0.2, -0.15) is 0 Å². The highest BCUT2D eigenvalue weighted by molar-refractivity contribution is 5.82. The van der Waals surface area contributed by atoms with Gasteiger partial charge in [0.25, 0.3) is 0 Å². The molecular formula is C20H17FO5. The molecule has 3 rings (SSSR count). The lowest BCUT2D eigenvalue weighted by molar-refractivity contribution is -0.147. The second-order valence-corrected chi connectivity index (χ2v) is 5.90. The second-order valence-electron chi connectivity index (χ2n) is 5.90. The van der Waals surface area contributed by atoms with Gasteiger partial charge in [0.2, 0.25) is 0 Å². The highest BCUT2D eigenvalue weighted by Crippen LogP contribution is 2.22. The summed E-state index contributed by atoms with van der Waals surface area (Å²) in [5.41, 5.74) is 2.48. The number of ether oxygens (including phenoxy) is 2. The fourth-order valence-electron chi connectivity index (χ4n) is 2.50. The number of aryl methyl sites for hydroxylation is 2. The van der Waals surface area contributed by atoms with E-state index < -0.39 is 24.0 Å². The lowest BCUT2D eigenvalue weighted by Gasteiger charge is -2.10. The van der Waals surface area contributed by atoms with E-state index >= 15 is 0 Å². The van der Waals surface area contributed by atoms with Crippen LogP contribution in [0.3, 0.4) is 0 Å². The molecule has 0 fully saturated rings. The van der Waals surface area contributed by atoms with E-state index in [1.807, 2.05) is 19.9 Å². The smallest absolute Gasteiger partial charge is 0.344 e. The number of benzene rings is 2. The van der Waals surface area contributed by atoms with E-state index in [0.717, 1.165) is 11.1 Å². The summed E-state index contributed by atoms with van der Waals surface area (Å²) in [7, 11) is 0. The van der Waals surface area contributed by atoms with Crippen LogP contribution in [0.5, 0.6) is 5.75 Å². The van der Waals surface area contributed by atoms with Gasteiger partial charge in [-0.3, -0.25) is 0 Å². The van der Waals surface area contributed by atoms with E-state index in [9.17, 15) is 14.0 Å². The molecule has 0 radical (unpaired) electrons. The number of fused-ring (bicyclic) bond motifs is 1. The van der Waals surface area contributed by atoms with Crippen molar-refractivity contribution < 1.29 is 23.1 Å². The van der Waals surface area contributed by atoms with Gasteiger partial charge in [-0.05, 0) is 49.2 Å². The van der Waals surface area contributed by atoms with E-state index in [4.69, 9.17) is 13.9 Å². The van der Waals surface area contributed by atoms with Gasteiger partial charge in [-0.15, -0.1) is 0 Å². The molecule has 0 saturated carbocycles. The van der Waals surface area contributed by atoms with E-state index in [-0.39, 0.29) is 12.4 Å². The highest BCUT2D eigenvalue weighted by Gasteiger charge is 2.12. The van der Waals surface area contributed by atoms with Crippen molar-refractivity contribution >= 4 is 16.9 Å². The normalized spacial score (nSPS) is 10.7. The van der Waals surface area contributed by atoms with E-state index in [2.05, 4.69) is 0 Å². The summed E-state index contributed by atoms with van der Waals surface area (Å²) in [6, 6.07) is 10.7. The number of rotatable bonds is 5. The first kappa shape index (κ1) is 17.7. The van der Waals surface area contributed by atoms with Crippen LogP contribution in [0, 0.1) is 19.7 Å². The molecule has 0 aliphatic rings. The van der Waals surface area contributed by atoms with Crippen molar-refractivity contribution in [3.63, 3.8) is 0 Å². The van der Waals surface area contributed by atoms with Crippen molar-refractivity contribution in [3.05, 3.63) is 75.4 Å². The van der Waals surface area contributed by atoms with Gasteiger partial charge < -0.3 is 13.9 Å². The fraction of sp³-hybridized carbons (Fsp3) is 0.200. The quantitative estimate of drug-likeness (QED) is 0.515. The van der Waals surface area contributed by atoms with E-state index in [1.165, 1.54) is 24.3 Å². The zero-order chi connectivity index (χ0) is 18.7. The van der Waals surface area contributed by atoms with Crippen molar-refractivity contribution in [3.8, 4) is 5.75 Å². The Bertz CT molecular complexity index is 1020. The average molecular weight is 356 g/mol. The van der Waals surface area contributed by atoms with Gasteiger partial charge in [0.15, 0.2) is 18.2 Å². The molecule has 0 aliphatic heterocycles. The molecule has 2 aromatic carbocycles. The molecule has 6 heteroatoms. The minimum Gasteiger partial charge on any atom is -0.479 e. The number of esters is 1. The summed E-state index contributed by atoms with van der Waals surface area (Å²) in [6.07, 6.45) is 0. The number of para-hydroxylation sites is 1. The first-order chi connectivity index (χ1) is 12.4. The van der Waals surface area contributed by atoms with Crippen molar-refractivity contribution in [2.24, 2.45) is 0 Å². The average Bonchev–Trinajstić information content (AvgIpc) is 2.60. The molecule has 0 saturated heterocycles. The number of carbonyl (C=O) groups excluding carboxylic acids is 1. The maximum Gasteiger partial charge on any atom is 0.344 e. The van der Waals surface area contributed by atoms with Gasteiger partial charge in [-0.1, -0.05) is 12.1 Å². The molecule has 1 aromatic heterocycles. The van der Waals surface area contributed by atoms with Crippen molar-refractivity contribution in [2.45, 2.75) is 20.5 Å². The van der Waals surface area contributed by atoms with Crippen molar-refractivity contribution in [1.29, 1.82) is 0 Å². The van der Waals surface area contributed by atoms with Gasteiger partial charge in [-0.25, -0.2) is 14.0 Å². The third kappa shape index (κ3) is 3.91. The molecule has 0 aliphatic carbocycles. The van der Waals surface area contributed by atoms with Crippen LogP contribution >= 0.6 is 0 Å². The Morgan fingerprint density at radius 2 is 1.85 bits per heavy atom. The first-order valence-electron chi connectivity index (χ1n) is 8.01. The molecule has 0 atom stereocenters. The summed E-state index contributed by atoms with van der Waals surface area (Å²) in [5.74, 6) is -1.25. The monoisotopic (exact) mass is 356 g/mol. The van der Waals surface area contributed by atoms with Gasteiger partial charge in [0, 0.05) is 17.0 Å². The van der Waals surface area contributed by atoms with Crippen LogP contribution in [-0.2, 0) is 16.1 Å². The Hall–Kier alpha value is -3.15. The SMILES string of the molecule is Cc1cc2oc(=O)cc(COC(=O)COc3ccccc3F)c2cc1C. The molecular weight excluding hydrogens is 339 g/mol. The lowest BCUT2D eigenvalue weighted by Crippen LogP contribution is -2.16. The molecule has 26 heavy (non-hydrogen) atoms. The third-order valence-corrected chi connectivity index (χ3v) is 4.02. The molecule has 0 N–H and O–H groups in total. The number of hydrogen-bond donors (Lipinski definition) is 0. The number of halogens is 1. The van der Waals surface area contributed by atoms with Gasteiger partial charge in [0.1, 0.15) is 12.2 Å². The van der Waals surface area contributed by atoms with Crippen LogP contribution in [0.2, 0.25) is 0 Å². The van der Waals surface area contributed by atoms with Crippen LogP contribution in [0.25, 0.3) is 11.0 Å². The standard InChI is InChI=1S/C20H17FO5/c1-12-7-15-14(9-19(22)26-18(15)8-13(12)2)10-25-20(23)11-24-17-6-4-3-5-16(17)21/h3-9H,10-11H2,1-2H3. The Kier molecular flexibility index (Phi) is 5.02. The fourth-order valence-corrected chi connectivity index (χ4v) is 2.50. The van der Waals surface area contributed by atoms with Gasteiger partial charge in [0.05, 0.1) is 0 Å². The van der Waals surface area contributed by atoms with Crippen LogP contribution in [0.4, 0.5) is 4.39 Å². The zero-order valence-corrected chi connectivity index (χ0v) is 14.4. The Labute approximate surface area is 149 Å². The van der Waals surface area contributed by atoms with Crippen LogP contribution < -0.4 is 10.4 Å². The lowest BCUT2D eigenvalue weighted by atomic mass is 10.0. The molecule has 0 amide bonds. The summed E-state index contributed by atoms with van der Waals surface area (Å²) >= 11 is 0. The Balaban J connectivity index is 1.71. The van der Waals surface area contributed by atoms with E-state index in [0.29, 0.717) is 16.5 Å². The van der Waals surface area contributed by atoms with Crippen LogP contribution in [0.15, 0.2) is 51.7 Å². The zero-order valence-electron chi connectivity index (χ0n) is 14.4. The number of carbonyl (C=O) groups is 1. The Morgan fingerprint density at radius 3 is 2.62 bits per heavy atom. The number of hydrogen-bond acceptors (Lipinski definition) is 5. The third-order valence-electron chi connectivity index (χ3n) is 4.02. The summed E-state index contributed by atoms with van der Waals surface area (Å²) in [4.78, 5) is 23.6. The molecule has 5 nitrogen and oxygen atoms in total. The maximum atomic E-state index is 13.5.